The van der Waals surface area contributed by atoms with Crippen LogP contribution in [0.25, 0.3) is 10.8 Å². The average Bonchev–Trinajstić information content (AvgIpc) is 3.10. The first kappa shape index (κ1) is 14.8. The fourth-order valence-corrected chi connectivity index (χ4v) is 3.74. The normalized spacial score (nSPS) is 20.3. The lowest BCUT2D eigenvalue weighted by Crippen LogP contribution is -2.45. The smallest absolute Gasteiger partial charge is 0.236 e. The van der Waals surface area contributed by atoms with Gasteiger partial charge in [-0.3, -0.25) is 4.90 Å². The van der Waals surface area contributed by atoms with Crippen molar-refractivity contribution in [3.63, 3.8) is 0 Å². The van der Waals surface area contributed by atoms with Crippen LogP contribution in [0.4, 0.5) is 0 Å². The van der Waals surface area contributed by atoms with Crippen LogP contribution in [0.2, 0.25) is 0 Å². The number of oxazole rings is 1. The van der Waals surface area contributed by atoms with Gasteiger partial charge in [-0.2, -0.15) is 0 Å². The Balaban J connectivity index is 1.79. The molecule has 1 fully saturated rings. The fraction of sp³-hybridized carbons (Fsp3) is 0.562. The lowest BCUT2D eigenvalue weighted by Gasteiger charge is -2.33. The van der Waals surface area contributed by atoms with E-state index in [4.69, 9.17) is 4.42 Å². The molecule has 0 spiro atoms. The summed E-state index contributed by atoms with van der Waals surface area (Å²) >= 11 is 1.64. The molecule has 5 heteroatoms. The molecule has 21 heavy (non-hydrogen) atoms. The molecule has 1 N–H and O–H groups in total. The van der Waals surface area contributed by atoms with Crippen LogP contribution in [-0.2, 0) is 6.54 Å². The second-order valence-electron chi connectivity index (χ2n) is 6.28. The Labute approximate surface area is 129 Å². The van der Waals surface area contributed by atoms with Gasteiger partial charge in [-0.25, -0.2) is 4.98 Å². The molecule has 1 unspecified atom stereocenters. The van der Waals surface area contributed by atoms with Gasteiger partial charge in [0.2, 0.25) is 5.89 Å². The van der Waals surface area contributed by atoms with Gasteiger partial charge in [-0.1, -0.05) is 6.07 Å². The van der Waals surface area contributed by atoms with Crippen LogP contribution in [0.3, 0.4) is 0 Å². The quantitative estimate of drug-likeness (QED) is 0.940. The van der Waals surface area contributed by atoms with Gasteiger partial charge in [-0.05, 0) is 51.6 Å². The molecule has 0 aliphatic carbocycles. The number of hydrogen-bond acceptors (Lipinski definition) is 5. The van der Waals surface area contributed by atoms with E-state index in [-0.39, 0.29) is 6.04 Å². The van der Waals surface area contributed by atoms with Crippen LogP contribution in [0, 0.1) is 6.92 Å². The summed E-state index contributed by atoms with van der Waals surface area (Å²) in [5.41, 5.74) is 0.305. The van der Waals surface area contributed by atoms with Gasteiger partial charge >= 0.3 is 0 Å². The summed E-state index contributed by atoms with van der Waals surface area (Å²) in [4.78, 5) is 8.04. The van der Waals surface area contributed by atoms with Gasteiger partial charge in [-0.15, -0.1) is 11.3 Å². The summed E-state index contributed by atoms with van der Waals surface area (Å²) in [5.74, 6) is 1.58. The highest BCUT2D eigenvalue weighted by atomic mass is 32.1. The standard InChI is InChI=1S/C16H22N2O2S/c1-11-12(17-15(20-11)13-6-5-9-21-13)10-18-8-4-7-14(18)16(2,3)19/h5-6,9,14,19H,4,7-8,10H2,1-3H3. The van der Waals surface area contributed by atoms with Crippen LogP contribution in [-0.4, -0.2) is 33.2 Å². The van der Waals surface area contributed by atoms with E-state index in [9.17, 15) is 5.11 Å². The number of likely N-dealkylation sites (tertiary alicyclic amines) is 1. The van der Waals surface area contributed by atoms with Gasteiger partial charge in [0.1, 0.15) is 5.76 Å². The lowest BCUT2D eigenvalue weighted by atomic mass is 9.96. The molecule has 1 aliphatic heterocycles. The summed E-state index contributed by atoms with van der Waals surface area (Å²) in [6.07, 6.45) is 2.17. The highest BCUT2D eigenvalue weighted by molar-refractivity contribution is 7.13. The Morgan fingerprint density at radius 3 is 3.00 bits per heavy atom. The first-order valence-corrected chi connectivity index (χ1v) is 8.30. The van der Waals surface area contributed by atoms with Gasteiger partial charge in [0.05, 0.1) is 16.2 Å². The summed E-state index contributed by atoms with van der Waals surface area (Å²) in [5, 5.41) is 12.3. The van der Waals surface area contributed by atoms with Crippen molar-refractivity contribution in [1.82, 2.24) is 9.88 Å². The minimum atomic E-state index is -0.676. The molecule has 0 amide bonds. The molecule has 1 aliphatic rings. The summed E-state index contributed by atoms with van der Waals surface area (Å²) in [7, 11) is 0. The molecule has 0 aromatic carbocycles. The van der Waals surface area contributed by atoms with Gasteiger partial charge in [0, 0.05) is 12.6 Å². The van der Waals surface area contributed by atoms with Gasteiger partial charge in [0.25, 0.3) is 0 Å². The zero-order valence-electron chi connectivity index (χ0n) is 12.8. The van der Waals surface area contributed by atoms with Crippen LogP contribution in [0.5, 0.6) is 0 Å². The monoisotopic (exact) mass is 306 g/mol. The third-order valence-corrected chi connectivity index (χ3v) is 5.01. The molecule has 3 heterocycles. The third kappa shape index (κ3) is 3.05. The van der Waals surface area contributed by atoms with E-state index in [1.165, 1.54) is 0 Å². The Hall–Kier alpha value is -1.17. The number of nitrogens with zero attached hydrogens (tertiary/aromatic N) is 2. The molecule has 1 atom stereocenters. The minimum Gasteiger partial charge on any atom is -0.440 e. The first-order valence-electron chi connectivity index (χ1n) is 7.42. The molecule has 3 rings (SSSR count). The molecular weight excluding hydrogens is 284 g/mol. The van der Waals surface area contributed by atoms with Crippen molar-refractivity contribution in [2.45, 2.75) is 51.8 Å². The highest BCUT2D eigenvalue weighted by Gasteiger charge is 2.36. The average molecular weight is 306 g/mol. The van der Waals surface area contributed by atoms with Gasteiger partial charge < -0.3 is 9.52 Å². The lowest BCUT2D eigenvalue weighted by molar-refractivity contribution is -0.00545. The number of rotatable bonds is 4. The van der Waals surface area contributed by atoms with Gasteiger partial charge in [0.15, 0.2) is 0 Å². The van der Waals surface area contributed by atoms with Crippen molar-refractivity contribution in [2.24, 2.45) is 0 Å². The van der Waals surface area contributed by atoms with Crippen molar-refractivity contribution in [3.8, 4) is 10.8 Å². The minimum absolute atomic E-state index is 0.193. The summed E-state index contributed by atoms with van der Waals surface area (Å²) < 4.78 is 5.80. The Morgan fingerprint density at radius 1 is 1.52 bits per heavy atom. The second kappa shape index (κ2) is 5.55. The number of aromatic nitrogens is 1. The number of aliphatic hydroxyl groups is 1. The Morgan fingerprint density at radius 2 is 2.33 bits per heavy atom. The van der Waals surface area contributed by atoms with Crippen molar-refractivity contribution >= 4 is 11.3 Å². The molecule has 2 aromatic heterocycles. The van der Waals surface area contributed by atoms with E-state index in [1.54, 1.807) is 11.3 Å². The maximum absolute atomic E-state index is 10.3. The van der Waals surface area contributed by atoms with Crippen LogP contribution in [0.15, 0.2) is 21.9 Å². The first-order chi connectivity index (χ1) is 9.95. The van der Waals surface area contributed by atoms with Crippen molar-refractivity contribution < 1.29 is 9.52 Å². The van der Waals surface area contributed by atoms with E-state index in [0.717, 1.165) is 42.3 Å². The van der Waals surface area contributed by atoms with E-state index < -0.39 is 5.60 Å². The molecule has 114 valence electrons. The summed E-state index contributed by atoms with van der Waals surface area (Å²) in [6, 6.07) is 4.22. The predicted molar refractivity (Wildman–Crippen MR) is 84.3 cm³/mol. The van der Waals surface area contributed by atoms with Crippen LogP contribution >= 0.6 is 11.3 Å². The fourth-order valence-electron chi connectivity index (χ4n) is 3.09. The molecule has 4 nitrogen and oxygen atoms in total. The zero-order chi connectivity index (χ0) is 15.0. The largest absolute Gasteiger partial charge is 0.440 e. The Kier molecular flexibility index (Phi) is 3.90. The molecule has 1 saturated heterocycles. The number of hydrogen-bond donors (Lipinski definition) is 1. The maximum Gasteiger partial charge on any atom is 0.236 e. The molecule has 0 radical (unpaired) electrons. The third-order valence-electron chi connectivity index (χ3n) is 4.16. The molecule has 0 bridgehead atoms. The van der Waals surface area contributed by atoms with E-state index in [1.807, 2.05) is 38.3 Å². The SMILES string of the molecule is Cc1oc(-c2cccs2)nc1CN1CCCC1C(C)(C)O. The van der Waals surface area contributed by atoms with Crippen molar-refractivity contribution in [1.29, 1.82) is 0 Å². The van der Waals surface area contributed by atoms with Crippen LogP contribution < -0.4 is 0 Å². The zero-order valence-corrected chi connectivity index (χ0v) is 13.6. The van der Waals surface area contributed by atoms with E-state index >= 15 is 0 Å². The van der Waals surface area contributed by atoms with E-state index in [0.29, 0.717) is 5.89 Å². The Bertz CT molecular complexity index is 598. The van der Waals surface area contributed by atoms with E-state index in [2.05, 4.69) is 9.88 Å². The predicted octanol–water partition coefficient (Wildman–Crippen LogP) is 3.45. The van der Waals surface area contributed by atoms with Crippen molar-refractivity contribution in [2.75, 3.05) is 6.54 Å². The summed E-state index contributed by atoms with van der Waals surface area (Å²) in [6.45, 7) is 7.50. The number of aryl methyl sites for hydroxylation is 1. The maximum atomic E-state index is 10.3. The molecule has 0 saturated carbocycles. The molecular formula is C16H22N2O2S. The number of thiophene rings is 1. The highest BCUT2D eigenvalue weighted by Crippen LogP contribution is 2.30. The topological polar surface area (TPSA) is 49.5 Å². The molecule has 2 aromatic rings. The second-order valence-corrected chi connectivity index (χ2v) is 7.23. The van der Waals surface area contributed by atoms with Crippen molar-refractivity contribution in [3.05, 3.63) is 29.0 Å². The van der Waals surface area contributed by atoms with Crippen LogP contribution in [0.1, 0.15) is 38.1 Å².